The molecule has 3 aliphatic heterocycles. The van der Waals surface area contributed by atoms with Gasteiger partial charge in [0.25, 0.3) is 0 Å². The van der Waals surface area contributed by atoms with Gasteiger partial charge in [-0.3, -0.25) is 9.88 Å². The number of amides is 1. The predicted octanol–water partition coefficient (Wildman–Crippen LogP) is 5.39. The highest BCUT2D eigenvalue weighted by molar-refractivity contribution is 6.03. The van der Waals surface area contributed by atoms with Crippen LogP contribution in [0.3, 0.4) is 0 Å². The van der Waals surface area contributed by atoms with Gasteiger partial charge in [0.05, 0.1) is 23.1 Å². The first kappa shape index (κ1) is 31.9. The Morgan fingerprint density at radius 1 is 1.19 bits per heavy atom. The fourth-order valence-corrected chi connectivity index (χ4v) is 7.21. The van der Waals surface area contributed by atoms with Crippen LogP contribution in [0.2, 0.25) is 0 Å². The zero-order valence-electron chi connectivity index (χ0n) is 26.5. The van der Waals surface area contributed by atoms with Gasteiger partial charge in [0, 0.05) is 56.4 Å². The normalized spacial score (nSPS) is 21.2. The first-order valence-corrected chi connectivity index (χ1v) is 16.2. The van der Waals surface area contributed by atoms with E-state index in [4.69, 9.17) is 25.6 Å². The molecule has 48 heavy (non-hydrogen) atoms. The van der Waals surface area contributed by atoms with Crippen molar-refractivity contribution in [1.82, 2.24) is 25.2 Å². The lowest BCUT2D eigenvalue weighted by molar-refractivity contribution is 0.107. The highest BCUT2D eigenvalue weighted by Crippen LogP contribution is 2.42. The zero-order valence-corrected chi connectivity index (χ0v) is 26.5. The van der Waals surface area contributed by atoms with E-state index in [0.717, 1.165) is 25.8 Å². The van der Waals surface area contributed by atoms with Gasteiger partial charge in [-0.25, -0.2) is 18.0 Å². The van der Waals surface area contributed by atoms with Crippen LogP contribution in [0.4, 0.5) is 23.8 Å². The number of terminal acetylenes is 1. The maximum absolute atomic E-state index is 17.0. The number of aromatic nitrogens is 3. The molecule has 3 saturated heterocycles. The van der Waals surface area contributed by atoms with Crippen molar-refractivity contribution in [3.8, 4) is 35.4 Å². The van der Waals surface area contributed by atoms with E-state index in [1.165, 1.54) is 30.5 Å². The number of hydrogen-bond donors (Lipinski definition) is 1. The van der Waals surface area contributed by atoms with Gasteiger partial charge in [-0.1, -0.05) is 12.0 Å². The molecular formula is C35H35F3N6O4. The van der Waals surface area contributed by atoms with E-state index in [2.05, 4.69) is 26.1 Å². The van der Waals surface area contributed by atoms with E-state index in [1.807, 2.05) is 4.90 Å². The number of carbonyl (C=O) groups excluding carboxylic acids is 1. The summed E-state index contributed by atoms with van der Waals surface area (Å²) in [4.78, 5) is 30.2. The van der Waals surface area contributed by atoms with Gasteiger partial charge in [-0.05, 0) is 56.3 Å². The Kier molecular flexibility index (Phi) is 8.70. The molecular weight excluding hydrogens is 625 g/mol. The maximum Gasteiger partial charge on any atom is 0.412 e. The number of hydrogen-bond acceptors (Lipinski definition) is 9. The molecule has 2 aromatic carbocycles. The molecule has 0 bridgehead atoms. The van der Waals surface area contributed by atoms with Gasteiger partial charge in [-0.15, -0.1) is 6.42 Å². The summed E-state index contributed by atoms with van der Waals surface area (Å²) in [5.74, 6) is 1.40. The molecule has 2 aromatic heterocycles. The van der Waals surface area contributed by atoms with E-state index in [9.17, 15) is 9.18 Å². The van der Waals surface area contributed by atoms with Crippen molar-refractivity contribution in [1.29, 1.82) is 0 Å². The SMILES string of the molecule is C#Cc1c(F)ccc2cc(OC(=O)NCC)cc(-c3ncc4c(N5CCCOCC5)nc(OC[C@@]56CCCN5C[C@H](F)C6)nc4c3F)c12. The van der Waals surface area contributed by atoms with Crippen molar-refractivity contribution < 1.29 is 32.2 Å². The van der Waals surface area contributed by atoms with E-state index >= 15 is 8.78 Å². The number of halogens is 3. The molecule has 0 aliphatic carbocycles. The average molecular weight is 661 g/mol. The number of nitrogens with zero attached hydrogens (tertiary/aromatic N) is 5. The monoisotopic (exact) mass is 660 g/mol. The Hall–Kier alpha value is -4.67. The number of nitrogens with one attached hydrogen (secondary N) is 1. The van der Waals surface area contributed by atoms with Gasteiger partial charge in [-0.2, -0.15) is 9.97 Å². The molecule has 13 heteroatoms. The van der Waals surface area contributed by atoms with Crippen LogP contribution >= 0.6 is 0 Å². The van der Waals surface area contributed by atoms with Crippen molar-refractivity contribution >= 4 is 33.6 Å². The Morgan fingerprint density at radius 3 is 2.90 bits per heavy atom. The Labute approximate surface area is 275 Å². The second-order valence-electron chi connectivity index (χ2n) is 12.4. The van der Waals surface area contributed by atoms with E-state index < -0.39 is 29.4 Å². The largest absolute Gasteiger partial charge is 0.461 e. The summed E-state index contributed by atoms with van der Waals surface area (Å²) >= 11 is 0. The first-order valence-electron chi connectivity index (χ1n) is 16.2. The van der Waals surface area contributed by atoms with Crippen molar-refractivity contribution in [3.05, 3.63) is 47.7 Å². The predicted molar refractivity (Wildman–Crippen MR) is 174 cm³/mol. The molecule has 250 valence electrons. The molecule has 1 amide bonds. The fraction of sp³-hybridized carbons (Fsp3) is 0.429. The molecule has 7 rings (SSSR count). The van der Waals surface area contributed by atoms with Crippen LogP contribution in [0, 0.1) is 24.0 Å². The molecule has 0 unspecified atom stereocenters. The smallest absolute Gasteiger partial charge is 0.412 e. The number of pyridine rings is 1. The highest BCUT2D eigenvalue weighted by atomic mass is 19.1. The van der Waals surface area contributed by atoms with Gasteiger partial charge >= 0.3 is 12.1 Å². The third-order valence-corrected chi connectivity index (χ3v) is 9.37. The summed E-state index contributed by atoms with van der Waals surface area (Å²) < 4.78 is 63.8. The summed E-state index contributed by atoms with van der Waals surface area (Å²) in [7, 11) is 0. The Balaban J connectivity index is 1.38. The Morgan fingerprint density at radius 2 is 2.06 bits per heavy atom. The van der Waals surface area contributed by atoms with Crippen LogP contribution in [-0.2, 0) is 4.74 Å². The van der Waals surface area contributed by atoms with E-state index in [0.29, 0.717) is 62.4 Å². The van der Waals surface area contributed by atoms with Crippen LogP contribution < -0.4 is 19.7 Å². The second-order valence-corrected chi connectivity index (χ2v) is 12.4. The molecule has 1 N–H and O–H groups in total. The van der Waals surface area contributed by atoms with Crippen LogP contribution in [0.15, 0.2) is 30.5 Å². The minimum absolute atomic E-state index is 0.0456. The molecule has 5 heterocycles. The maximum atomic E-state index is 17.0. The van der Waals surface area contributed by atoms with Crippen LogP contribution in [0.25, 0.3) is 32.9 Å². The quantitative estimate of drug-likeness (QED) is 0.262. The van der Waals surface area contributed by atoms with Crippen molar-refractivity contribution in [2.24, 2.45) is 0 Å². The standard InChI is InChI=1S/C35H35F3N6O4/c1-3-24-27(37)8-7-21-15-23(48-34(45)39-4-2)16-25(28(21)24)30-29(38)31-26(18-40-30)32(43-10-6-13-46-14-12-43)42-33(41-31)47-20-35-9-5-11-44(35)19-22(36)17-35/h1,7-8,15-16,18,22H,4-6,9-14,17,19-20H2,2H3,(H,39,45)/t22-,35+/m1/s1. The second kappa shape index (κ2) is 13.1. The zero-order chi connectivity index (χ0) is 33.4. The van der Waals surface area contributed by atoms with Crippen molar-refractivity contribution in [2.75, 3.05) is 57.4 Å². The third-order valence-electron chi connectivity index (χ3n) is 9.37. The van der Waals surface area contributed by atoms with Gasteiger partial charge in [0.15, 0.2) is 5.82 Å². The topological polar surface area (TPSA) is 102 Å². The number of rotatable bonds is 7. The number of carbonyl (C=O) groups is 1. The number of alkyl halides is 1. The summed E-state index contributed by atoms with van der Waals surface area (Å²) in [6, 6.07) is 5.56. The number of anilines is 1. The average Bonchev–Trinajstić information content (AvgIpc) is 3.45. The lowest BCUT2D eigenvalue weighted by Crippen LogP contribution is -2.43. The molecule has 2 atom stereocenters. The molecule has 3 aliphatic rings. The van der Waals surface area contributed by atoms with Gasteiger partial charge in [0.2, 0.25) is 0 Å². The van der Waals surface area contributed by atoms with E-state index in [-0.39, 0.29) is 46.1 Å². The first-order chi connectivity index (χ1) is 23.3. The van der Waals surface area contributed by atoms with Crippen LogP contribution in [0.1, 0.15) is 38.2 Å². The number of fused-ring (bicyclic) bond motifs is 3. The molecule has 0 saturated carbocycles. The number of ether oxygens (including phenoxy) is 3. The van der Waals surface area contributed by atoms with E-state index in [1.54, 1.807) is 6.92 Å². The highest BCUT2D eigenvalue weighted by Gasteiger charge is 2.49. The number of benzene rings is 2. The van der Waals surface area contributed by atoms with Gasteiger partial charge < -0.3 is 24.4 Å². The third kappa shape index (κ3) is 5.84. The summed E-state index contributed by atoms with van der Waals surface area (Å²) in [6.45, 7) is 5.53. The summed E-state index contributed by atoms with van der Waals surface area (Å²) in [6.07, 6.45) is 8.37. The summed E-state index contributed by atoms with van der Waals surface area (Å²) in [5, 5.41) is 3.54. The van der Waals surface area contributed by atoms with Crippen LogP contribution in [0.5, 0.6) is 11.8 Å². The minimum atomic E-state index is -0.939. The molecule has 0 radical (unpaired) electrons. The summed E-state index contributed by atoms with van der Waals surface area (Å²) in [5.41, 5.74) is -0.682. The fourth-order valence-electron chi connectivity index (χ4n) is 7.21. The molecule has 4 aromatic rings. The van der Waals surface area contributed by atoms with Crippen LogP contribution in [-0.4, -0.2) is 90.2 Å². The molecule has 3 fully saturated rings. The van der Waals surface area contributed by atoms with Crippen molar-refractivity contribution in [2.45, 2.75) is 44.3 Å². The minimum Gasteiger partial charge on any atom is -0.461 e. The molecule has 0 spiro atoms. The van der Waals surface area contributed by atoms with Crippen molar-refractivity contribution in [3.63, 3.8) is 0 Å². The lowest BCUT2D eigenvalue weighted by Gasteiger charge is -2.31. The lowest BCUT2D eigenvalue weighted by atomic mass is 9.95. The Bertz CT molecular complexity index is 1930. The van der Waals surface area contributed by atoms with Gasteiger partial charge in [0.1, 0.15) is 41.4 Å². The molecule has 10 nitrogen and oxygen atoms in total.